The topological polar surface area (TPSA) is 24.1 Å². The van der Waals surface area contributed by atoms with Gasteiger partial charge in [0.15, 0.2) is 5.11 Å². The Hall–Kier alpha value is -1.87. The van der Waals surface area contributed by atoms with Gasteiger partial charge in [-0.25, -0.2) is 0 Å². The Labute approximate surface area is 126 Å². The van der Waals surface area contributed by atoms with Crippen molar-refractivity contribution >= 4 is 23.0 Å². The first-order valence-corrected chi connectivity index (χ1v) is 7.17. The van der Waals surface area contributed by atoms with E-state index in [9.17, 15) is 0 Å². The largest absolute Gasteiger partial charge is 0.356 e. The molecule has 0 saturated heterocycles. The predicted molar refractivity (Wildman–Crippen MR) is 90.1 cm³/mol. The Morgan fingerprint density at radius 1 is 0.950 bits per heavy atom. The Kier molecular flexibility index (Phi) is 4.74. The van der Waals surface area contributed by atoms with E-state index in [1.54, 1.807) is 0 Å². The first-order valence-electron chi connectivity index (χ1n) is 6.76. The van der Waals surface area contributed by atoms with E-state index in [-0.39, 0.29) is 6.04 Å². The Morgan fingerprint density at radius 2 is 1.55 bits per heavy atom. The summed E-state index contributed by atoms with van der Waals surface area (Å²) in [7, 11) is 0. The molecular weight excluding hydrogens is 264 g/mol. The quantitative estimate of drug-likeness (QED) is 0.819. The smallest absolute Gasteiger partial charge is 0.171 e. The minimum atomic E-state index is 0.181. The number of benzene rings is 2. The third-order valence-corrected chi connectivity index (χ3v) is 3.59. The molecule has 0 aliphatic carbocycles. The van der Waals surface area contributed by atoms with Crippen LogP contribution in [0.5, 0.6) is 0 Å². The number of rotatable bonds is 3. The van der Waals surface area contributed by atoms with Crippen molar-refractivity contribution in [2.75, 3.05) is 5.32 Å². The van der Waals surface area contributed by atoms with E-state index in [4.69, 9.17) is 12.2 Å². The summed E-state index contributed by atoms with van der Waals surface area (Å²) < 4.78 is 0. The van der Waals surface area contributed by atoms with Crippen LogP contribution in [0.4, 0.5) is 5.69 Å². The Balaban J connectivity index is 2.03. The van der Waals surface area contributed by atoms with Crippen molar-refractivity contribution in [1.82, 2.24) is 5.32 Å². The van der Waals surface area contributed by atoms with Crippen LogP contribution in [0, 0.1) is 13.8 Å². The highest BCUT2D eigenvalue weighted by molar-refractivity contribution is 7.80. The first-order chi connectivity index (χ1) is 9.58. The fourth-order valence-corrected chi connectivity index (χ4v) is 2.46. The summed E-state index contributed by atoms with van der Waals surface area (Å²) in [6.07, 6.45) is 0. The summed E-state index contributed by atoms with van der Waals surface area (Å²) in [5, 5.41) is 7.27. The van der Waals surface area contributed by atoms with Crippen LogP contribution in [0.25, 0.3) is 0 Å². The second-order valence-corrected chi connectivity index (χ2v) is 5.41. The molecule has 2 rings (SSSR count). The van der Waals surface area contributed by atoms with E-state index in [2.05, 4.69) is 61.7 Å². The molecule has 2 nitrogen and oxygen atoms in total. The summed E-state index contributed by atoms with van der Waals surface area (Å²) in [6, 6.07) is 16.7. The average molecular weight is 284 g/mol. The molecule has 1 atom stereocenters. The zero-order chi connectivity index (χ0) is 14.5. The molecule has 104 valence electrons. The van der Waals surface area contributed by atoms with Crippen LogP contribution in [0.15, 0.2) is 48.5 Å². The molecule has 0 saturated carbocycles. The third-order valence-electron chi connectivity index (χ3n) is 3.37. The highest BCUT2D eigenvalue weighted by atomic mass is 32.1. The lowest BCUT2D eigenvalue weighted by Gasteiger charge is -2.19. The van der Waals surface area contributed by atoms with Crippen LogP contribution >= 0.6 is 12.2 Å². The summed E-state index contributed by atoms with van der Waals surface area (Å²) in [4.78, 5) is 0. The summed E-state index contributed by atoms with van der Waals surface area (Å²) in [6.45, 7) is 6.27. The van der Waals surface area contributed by atoms with Gasteiger partial charge in [0.2, 0.25) is 0 Å². The monoisotopic (exact) mass is 284 g/mol. The molecule has 0 aliphatic rings. The van der Waals surface area contributed by atoms with Crippen LogP contribution in [-0.2, 0) is 0 Å². The molecule has 0 fully saturated rings. The van der Waals surface area contributed by atoms with Crippen molar-refractivity contribution in [2.24, 2.45) is 0 Å². The van der Waals surface area contributed by atoms with Crippen molar-refractivity contribution in [3.8, 4) is 0 Å². The lowest BCUT2D eigenvalue weighted by Crippen LogP contribution is -2.31. The van der Waals surface area contributed by atoms with E-state index >= 15 is 0 Å². The maximum Gasteiger partial charge on any atom is 0.171 e. The van der Waals surface area contributed by atoms with Gasteiger partial charge >= 0.3 is 0 Å². The van der Waals surface area contributed by atoms with Crippen molar-refractivity contribution in [1.29, 1.82) is 0 Å². The van der Waals surface area contributed by atoms with Gasteiger partial charge < -0.3 is 10.6 Å². The normalized spacial score (nSPS) is 11.8. The maximum atomic E-state index is 5.41. The number of para-hydroxylation sites is 1. The summed E-state index contributed by atoms with van der Waals surface area (Å²) in [5.41, 5.74) is 4.70. The standard InChI is InChI=1S/C17H20N2S/c1-12-8-7-9-13(2)16(12)19-17(20)18-14(3)15-10-5-4-6-11-15/h4-11,14H,1-3H3,(H2,18,19,20). The molecule has 3 heteroatoms. The van der Waals surface area contributed by atoms with Gasteiger partial charge in [0.25, 0.3) is 0 Å². The molecule has 1 unspecified atom stereocenters. The predicted octanol–water partition coefficient (Wildman–Crippen LogP) is 4.35. The van der Waals surface area contributed by atoms with Gasteiger partial charge in [-0.2, -0.15) is 0 Å². The van der Waals surface area contributed by atoms with E-state index < -0.39 is 0 Å². The van der Waals surface area contributed by atoms with Gasteiger partial charge in [0.05, 0.1) is 6.04 Å². The summed E-state index contributed by atoms with van der Waals surface area (Å²) in [5.74, 6) is 0. The highest BCUT2D eigenvalue weighted by Gasteiger charge is 2.08. The van der Waals surface area contributed by atoms with E-state index in [1.807, 2.05) is 18.2 Å². The highest BCUT2D eigenvalue weighted by Crippen LogP contribution is 2.19. The molecule has 0 aromatic heterocycles. The summed E-state index contributed by atoms with van der Waals surface area (Å²) >= 11 is 5.41. The van der Waals surface area contributed by atoms with Gasteiger partial charge in [0.1, 0.15) is 0 Å². The van der Waals surface area contributed by atoms with Crippen molar-refractivity contribution in [3.05, 3.63) is 65.2 Å². The molecule has 0 amide bonds. The van der Waals surface area contributed by atoms with Crippen molar-refractivity contribution in [2.45, 2.75) is 26.8 Å². The fourth-order valence-electron chi connectivity index (χ4n) is 2.18. The molecule has 2 aromatic rings. The number of anilines is 1. The van der Waals surface area contributed by atoms with E-state index in [0.717, 1.165) is 5.69 Å². The molecule has 2 N–H and O–H groups in total. The zero-order valence-electron chi connectivity index (χ0n) is 12.1. The van der Waals surface area contributed by atoms with Crippen LogP contribution in [-0.4, -0.2) is 5.11 Å². The van der Waals surface area contributed by atoms with Crippen LogP contribution < -0.4 is 10.6 Å². The molecule has 0 heterocycles. The fraction of sp³-hybridized carbons (Fsp3) is 0.235. The number of hydrogen-bond acceptors (Lipinski definition) is 1. The second-order valence-electron chi connectivity index (χ2n) is 5.00. The molecule has 0 spiro atoms. The van der Waals surface area contributed by atoms with Crippen LogP contribution in [0.2, 0.25) is 0 Å². The van der Waals surface area contributed by atoms with Gasteiger partial charge in [-0.05, 0) is 49.7 Å². The number of thiocarbonyl (C=S) groups is 1. The molecule has 0 radical (unpaired) electrons. The van der Waals surface area contributed by atoms with Crippen LogP contribution in [0.1, 0.15) is 29.7 Å². The lowest BCUT2D eigenvalue weighted by molar-refractivity contribution is 0.722. The average Bonchev–Trinajstić information content (AvgIpc) is 2.44. The van der Waals surface area contributed by atoms with Gasteiger partial charge in [-0.1, -0.05) is 48.5 Å². The van der Waals surface area contributed by atoms with Crippen molar-refractivity contribution in [3.63, 3.8) is 0 Å². The first kappa shape index (κ1) is 14.5. The number of hydrogen-bond donors (Lipinski definition) is 2. The Morgan fingerprint density at radius 3 is 2.15 bits per heavy atom. The molecular formula is C17H20N2S. The van der Waals surface area contributed by atoms with Gasteiger partial charge in [0, 0.05) is 5.69 Å². The minimum Gasteiger partial charge on any atom is -0.356 e. The van der Waals surface area contributed by atoms with Crippen LogP contribution in [0.3, 0.4) is 0 Å². The molecule has 20 heavy (non-hydrogen) atoms. The lowest BCUT2D eigenvalue weighted by atomic mass is 10.1. The van der Waals surface area contributed by atoms with Gasteiger partial charge in [-0.15, -0.1) is 0 Å². The number of nitrogens with one attached hydrogen (secondary N) is 2. The minimum absolute atomic E-state index is 0.181. The molecule has 2 aromatic carbocycles. The molecule has 0 aliphatic heterocycles. The number of aryl methyl sites for hydroxylation is 2. The van der Waals surface area contributed by atoms with Gasteiger partial charge in [-0.3, -0.25) is 0 Å². The van der Waals surface area contributed by atoms with E-state index in [0.29, 0.717) is 5.11 Å². The van der Waals surface area contributed by atoms with Crippen molar-refractivity contribution < 1.29 is 0 Å². The van der Waals surface area contributed by atoms with E-state index in [1.165, 1.54) is 16.7 Å². The SMILES string of the molecule is Cc1cccc(C)c1NC(=S)NC(C)c1ccccc1. The third kappa shape index (κ3) is 3.58. The molecule has 0 bridgehead atoms. The zero-order valence-corrected chi connectivity index (χ0v) is 12.9. The Bertz CT molecular complexity index is 573. The second kappa shape index (κ2) is 6.53. The maximum absolute atomic E-state index is 5.41.